The van der Waals surface area contributed by atoms with Crippen LogP contribution in [0.15, 0.2) is 10.9 Å². The third-order valence-corrected chi connectivity index (χ3v) is 3.77. The lowest BCUT2D eigenvalue weighted by molar-refractivity contribution is 0.0972. The molecule has 0 saturated carbocycles. The maximum absolute atomic E-state index is 5.77. The smallest absolute Gasteiger partial charge is 0.0795 e. The zero-order valence-electron chi connectivity index (χ0n) is 7.98. The molecule has 3 heterocycles. The summed E-state index contributed by atoms with van der Waals surface area (Å²) < 4.78 is 5.77. The van der Waals surface area contributed by atoms with E-state index in [1.54, 1.807) is 11.3 Å². The molecule has 76 valence electrons. The molecule has 3 nitrogen and oxygen atoms in total. The Labute approximate surface area is 87.5 Å². The minimum Gasteiger partial charge on any atom is -0.373 e. The van der Waals surface area contributed by atoms with Crippen molar-refractivity contribution in [2.24, 2.45) is 0 Å². The van der Waals surface area contributed by atoms with E-state index in [-0.39, 0.29) is 0 Å². The average molecular weight is 210 g/mol. The molecule has 2 bridgehead atoms. The molecule has 3 atom stereocenters. The zero-order valence-corrected chi connectivity index (χ0v) is 8.80. The first-order valence-electron chi connectivity index (χ1n) is 5.18. The summed E-state index contributed by atoms with van der Waals surface area (Å²) in [7, 11) is 0. The molecule has 2 saturated heterocycles. The molecule has 0 spiro atoms. The number of rotatable bonds is 3. The molecule has 1 aromatic heterocycles. The standard InChI is InChI=1S/C10H14N2OS/c1-2-10-9(3-8(1)13-10)11-4-7-5-14-6-12-7/h5-6,8-11H,1-4H2/t8?,9-,10?/m0/s1. The lowest BCUT2D eigenvalue weighted by atomic mass is 9.95. The van der Waals surface area contributed by atoms with E-state index in [9.17, 15) is 0 Å². The second-order valence-electron chi connectivity index (χ2n) is 4.08. The van der Waals surface area contributed by atoms with Gasteiger partial charge in [-0.3, -0.25) is 0 Å². The predicted molar refractivity (Wildman–Crippen MR) is 55.3 cm³/mol. The van der Waals surface area contributed by atoms with Crippen LogP contribution in [0.25, 0.3) is 0 Å². The Bertz CT molecular complexity index is 301. The van der Waals surface area contributed by atoms with Gasteiger partial charge in [0.05, 0.1) is 23.4 Å². The summed E-state index contributed by atoms with van der Waals surface area (Å²) >= 11 is 1.66. The van der Waals surface area contributed by atoms with Gasteiger partial charge in [-0.2, -0.15) is 0 Å². The van der Waals surface area contributed by atoms with E-state index in [4.69, 9.17) is 4.74 Å². The molecule has 0 amide bonds. The van der Waals surface area contributed by atoms with E-state index in [2.05, 4.69) is 15.7 Å². The number of aromatic nitrogens is 1. The Morgan fingerprint density at radius 1 is 1.57 bits per heavy atom. The maximum Gasteiger partial charge on any atom is 0.0795 e. The second kappa shape index (κ2) is 3.61. The van der Waals surface area contributed by atoms with Crippen LogP contribution in [-0.2, 0) is 11.3 Å². The number of thiazole rings is 1. The summed E-state index contributed by atoms with van der Waals surface area (Å²) in [5, 5.41) is 5.63. The summed E-state index contributed by atoms with van der Waals surface area (Å²) in [6.07, 6.45) is 4.69. The van der Waals surface area contributed by atoms with Crippen molar-refractivity contribution in [2.75, 3.05) is 0 Å². The number of hydrogen-bond acceptors (Lipinski definition) is 4. The van der Waals surface area contributed by atoms with Crippen LogP contribution in [0.2, 0.25) is 0 Å². The molecule has 2 fully saturated rings. The Hall–Kier alpha value is -0.450. The number of ether oxygens (including phenoxy) is 1. The third kappa shape index (κ3) is 1.58. The van der Waals surface area contributed by atoms with Gasteiger partial charge >= 0.3 is 0 Å². The number of nitrogens with zero attached hydrogens (tertiary/aromatic N) is 1. The van der Waals surface area contributed by atoms with Crippen molar-refractivity contribution in [3.63, 3.8) is 0 Å². The fraction of sp³-hybridized carbons (Fsp3) is 0.700. The summed E-state index contributed by atoms with van der Waals surface area (Å²) in [6.45, 7) is 0.890. The van der Waals surface area contributed by atoms with E-state index in [0.717, 1.165) is 12.2 Å². The Balaban J connectivity index is 1.54. The Morgan fingerprint density at radius 2 is 2.57 bits per heavy atom. The zero-order chi connectivity index (χ0) is 9.38. The minimum absolute atomic E-state index is 0.471. The average Bonchev–Trinajstić information content (AvgIpc) is 2.91. The third-order valence-electron chi connectivity index (χ3n) is 3.13. The molecule has 4 heteroatoms. The molecular weight excluding hydrogens is 196 g/mol. The highest BCUT2D eigenvalue weighted by atomic mass is 32.1. The van der Waals surface area contributed by atoms with Crippen molar-refractivity contribution in [3.05, 3.63) is 16.6 Å². The molecule has 3 rings (SSSR count). The summed E-state index contributed by atoms with van der Waals surface area (Å²) in [4.78, 5) is 4.25. The summed E-state index contributed by atoms with van der Waals surface area (Å²) in [6, 6.07) is 0.565. The molecule has 1 N–H and O–H groups in total. The Morgan fingerprint density at radius 3 is 3.21 bits per heavy atom. The molecule has 0 radical (unpaired) electrons. The normalized spacial score (nSPS) is 35.3. The van der Waals surface area contributed by atoms with Gasteiger partial charge in [-0.1, -0.05) is 0 Å². The van der Waals surface area contributed by atoms with Crippen molar-refractivity contribution >= 4 is 11.3 Å². The van der Waals surface area contributed by atoms with Gasteiger partial charge in [-0.25, -0.2) is 4.98 Å². The largest absolute Gasteiger partial charge is 0.373 e. The number of fused-ring (bicyclic) bond motifs is 2. The van der Waals surface area contributed by atoms with Gasteiger partial charge < -0.3 is 10.1 Å². The van der Waals surface area contributed by atoms with Crippen LogP contribution < -0.4 is 5.32 Å². The lowest BCUT2D eigenvalue weighted by Crippen LogP contribution is -2.37. The van der Waals surface area contributed by atoms with Crippen LogP contribution in [0.4, 0.5) is 0 Å². The van der Waals surface area contributed by atoms with Gasteiger partial charge in [0, 0.05) is 18.0 Å². The highest BCUT2D eigenvalue weighted by Gasteiger charge is 2.40. The van der Waals surface area contributed by atoms with E-state index in [1.807, 2.05) is 5.51 Å². The van der Waals surface area contributed by atoms with Gasteiger partial charge in [0.1, 0.15) is 0 Å². The maximum atomic E-state index is 5.77. The molecule has 2 aliphatic heterocycles. The lowest BCUT2D eigenvalue weighted by Gasteiger charge is -2.19. The first-order chi connectivity index (χ1) is 6.92. The summed E-state index contributed by atoms with van der Waals surface area (Å²) in [5.41, 5.74) is 3.03. The molecule has 14 heavy (non-hydrogen) atoms. The van der Waals surface area contributed by atoms with Crippen molar-refractivity contribution < 1.29 is 4.74 Å². The first kappa shape index (κ1) is 8.83. The topological polar surface area (TPSA) is 34.2 Å². The fourth-order valence-electron chi connectivity index (χ4n) is 2.41. The van der Waals surface area contributed by atoms with Crippen LogP contribution in [0, 0.1) is 0 Å². The van der Waals surface area contributed by atoms with Crippen molar-refractivity contribution in [3.8, 4) is 0 Å². The quantitative estimate of drug-likeness (QED) is 0.822. The van der Waals surface area contributed by atoms with Crippen molar-refractivity contribution in [1.29, 1.82) is 0 Å². The Kier molecular flexibility index (Phi) is 2.27. The van der Waals surface area contributed by atoms with Crippen LogP contribution in [0.1, 0.15) is 25.0 Å². The van der Waals surface area contributed by atoms with Crippen molar-refractivity contribution in [1.82, 2.24) is 10.3 Å². The van der Waals surface area contributed by atoms with Crippen LogP contribution in [0.5, 0.6) is 0 Å². The SMILES string of the molecule is c1nc(CN[C@H]2CC3CCC2O3)cs1. The van der Waals surface area contributed by atoms with Crippen molar-refractivity contribution in [2.45, 2.75) is 44.1 Å². The molecule has 0 aliphatic carbocycles. The predicted octanol–water partition coefficient (Wildman–Crippen LogP) is 1.55. The van der Waals surface area contributed by atoms with Gasteiger partial charge in [0.15, 0.2) is 0 Å². The van der Waals surface area contributed by atoms with Gasteiger partial charge in [-0.05, 0) is 19.3 Å². The highest BCUT2D eigenvalue weighted by molar-refractivity contribution is 7.07. The van der Waals surface area contributed by atoms with Gasteiger partial charge in [-0.15, -0.1) is 11.3 Å². The number of hydrogen-bond donors (Lipinski definition) is 1. The van der Waals surface area contributed by atoms with Crippen LogP contribution in [-0.4, -0.2) is 23.2 Å². The summed E-state index contributed by atoms with van der Waals surface area (Å²) in [5.74, 6) is 0. The van der Waals surface area contributed by atoms with Gasteiger partial charge in [0.25, 0.3) is 0 Å². The molecule has 1 aromatic rings. The van der Waals surface area contributed by atoms with E-state index < -0.39 is 0 Å². The minimum atomic E-state index is 0.471. The van der Waals surface area contributed by atoms with E-state index in [0.29, 0.717) is 18.2 Å². The van der Waals surface area contributed by atoms with Crippen LogP contribution >= 0.6 is 11.3 Å². The second-order valence-corrected chi connectivity index (χ2v) is 4.80. The van der Waals surface area contributed by atoms with Gasteiger partial charge in [0.2, 0.25) is 0 Å². The molecule has 0 aromatic carbocycles. The molecule has 2 aliphatic rings. The molecule has 2 unspecified atom stereocenters. The van der Waals surface area contributed by atoms with E-state index >= 15 is 0 Å². The highest BCUT2D eigenvalue weighted by Crippen LogP contribution is 2.34. The first-order valence-corrected chi connectivity index (χ1v) is 6.12. The van der Waals surface area contributed by atoms with Crippen LogP contribution in [0.3, 0.4) is 0 Å². The molecular formula is C10H14N2OS. The number of nitrogens with one attached hydrogen (secondary N) is 1. The fourth-order valence-corrected chi connectivity index (χ4v) is 2.97. The van der Waals surface area contributed by atoms with E-state index in [1.165, 1.54) is 19.3 Å². The monoisotopic (exact) mass is 210 g/mol.